The van der Waals surface area contributed by atoms with Crippen LogP contribution in [0.25, 0.3) is 5.69 Å². The number of pyridine rings is 2. The minimum atomic E-state index is -0.0333. The van der Waals surface area contributed by atoms with E-state index in [-0.39, 0.29) is 12.1 Å². The van der Waals surface area contributed by atoms with Crippen molar-refractivity contribution in [3.8, 4) is 5.69 Å². The third-order valence-corrected chi connectivity index (χ3v) is 5.72. The molecule has 0 aliphatic carbocycles. The van der Waals surface area contributed by atoms with Gasteiger partial charge in [0, 0.05) is 30.5 Å². The molecule has 148 valence electrons. The van der Waals surface area contributed by atoms with E-state index in [0.717, 1.165) is 17.1 Å². The number of rotatable bonds is 5. The van der Waals surface area contributed by atoms with Gasteiger partial charge < -0.3 is 14.8 Å². The van der Waals surface area contributed by atoms with Crippen LogP contribution in [-0.4, -0.2) is 24.5 Å². The molecule has 0 unspecified atom stereocenters. The Bertz CT molecular complexity index is 1130. The number of aromatic nitrogens is 3. The van der Waals surface area contributed by atoms with Gasteiger partial charge in [-0.2, -0.15) is 0 Å². The smallest absolute Gasteiger partial charge is 0.170 e. The highest BCUT2D eigenvalue weighted by molar-refractivity contribution is 7.80. The SMILES string of the molecule is S=C1N[C@H](c2ccccn2)[C@H](c2ccn(-c3ccccc3)c2)N1Cc1ccccn1. The van der Waals surface area contributed by atoms with Crippen molar-refractivity contribution in [1.29, 1.82) is 0 Å². The van der Waals surface area contributed by atoms with Gasteiger partial charge in [0.05, 0.1) is 30.0 Å². The maximum Gasteiger partial charge on any atom is 0.170 e. The van der Waals surface area contributed by atoms with Crippen molar-refractivity contribution in [3.63, 3.8) is 0 Å². The Morgan fingerprint density at radius 1 is 0.867 bits per heavy atom. The van der Waals surface area contributed by atoms with Crippen LogP contribution in [0.2, 0.25) is 0 Å². The Balaban J connectivity index is 1.54. The molecule has 2 atom stereocenters. The first-order valence-electron chi connectivity index (χ1n) is 9.91. The first kappa shape index (κ1) is 18.5. The standard InChI is InChI=1S/C24H21N5S/c30-24-27-22(21-11-5-7-14-26-21)23(29(24)17-19-8-4-6-13-25-19)18-12-15-28(16-18)20-9-2-1-3-10-20/h1-16,22-23H,17H2,(H,27,30)/t22-,23+/m1/s1. The van der Waals surface area contributed by atoms with Crippen LogP contribution in [-0.2, 0) is 6.54 Å². The lowest BCUT2D eigenvalue weighted by atomic mass is 9.99. The van der Waals surface area contributed by atoms with E-state index in [2.05, 4.69) is 55.3 Å². The molecule has 0 amide bonds. The third kappa shape index (κ3) is 3.57. The molecule has 1 aliphatic heterocycles. The zero-order valence-corrected chi connectivity index (χ0v) is 17.1. The largest absolute Gasteiger partial charge is 0.352 e. The predicted molar refractivity (Wildman–Crippen MR) is 121 cm³/mol. The summed E-state index contributed by atoms with van der Waals surface area (Å²) in [6, 6.07) is 24.4. The molecule has 6 heteroatoms. The Labute approximate surface area is 181 Å². The highest BCUT2D eigenvalue weighted by Gasteiger charge is 2.40. The number of nitrogens with one attached hydrogen (secondary N) is 1. The molecule has 30 heavy (non-hydrogen) atoms. The van der Waals surface area contributed by atoms with Crippen LogP contribution >= 0.6 is 12.2 Å². The molecule has 0 bridgehead atoms. The van der Waals surface area contributed by atoms with Gasteiger partial charge in [-0.25, -0.2) is 0 Å². The Morgan fingerprint density at radius 2 is 1.63 bits per heavy atom. The molecule has 4 aromatic rings. The third-order valence-electron chi connectivity index (χ3n) is 5.37. The predicted octanol–water partition coefficient (Wildman–Crippen LogP) is 4.44. The quantitative estimate of drug-likeness (QED) is 0.492. The Hall–Kier alpha value is -3.51. The second-order valence-electron chi connectivity index (χ2n) is 7.26. The zero-order chi connectivity index (χ0) is 20.3. The summed E-state index contributed by atoms with van der Waals surface area (Å²) in [5, 5.41) is 4.21. The summed E-state index contributed by atoms with van der Waals surface area (Å²) in [6.07, 6.45) is 7.92. The van der Waals surface area contributed by atoms with Crippen LogP contribution in [0, 0.1) is 0 Å². The van der Waals surface area contributed by atoms with Gasteiger partial charge in [0.2, 0.25) is 0 Å². The van der Waals surface area contributed by atoms with Crippen molar-refractivity contribution < 1.29 is 0 Å². The van der Waals surface area contributed by atoms with E-state index in [4.69, 9.17) is 12.2 Å². The molecule has 1 aromatic carbocycles. The van der Waals surface area contributed by atoms with Crippen LogP contribution in [0.1, 0.15) is 29.0 Å². The molecular weight excluding hydrogens is 390 g/mol. The number of benzene rings is 1. The van der Waals surface area contributed by atoms with Crippen LogP contribution in [0.15, 0.2) is 97.6 Å². The van der Waals surface area contributed by atoms with Crippen molar-refractivity contribution >= 4 is 17.3 Å². The van der Waals surface area contributed by atoms with Gasteiger partial charge in [-0.1, -0.05) is 30.3 Å². The minimum absolute atomic E-state index is 0.0133. The molecular formula is C24H21N5S. The van der Waals surface area contributed by atoms with Crippen LogP contribution in [0.3, 0.4) is 0 Å². The number of thiocarbonyl (C=S) groups is 1. The zero-order valence-electron chi connectivity index (χ0n) is 16.3. The van der Waals surface area contributed by atoms with Gasteiger partial charge in [-0.05, 0) is 60.2 Å². The maximum absolute atomic E-state index is 5.75. The number of hydrogen-bond donors (Lipinski definition) is 1. The minimum Gasteiger partial charge on any atom is -0.352 e. The normalized spacial score (nSPS) is 18.4. The summed E-state index contributed by atoms with van der Waals surface area (Å²) < 4.78 is 2.14. The van der Waals surface area contributed by atoms with Gasteiger partial charge >= 0.3 is 0 Å². The van der Waals surface area contributed by atoms with E-state index in [9.17, 15) is 0 Å². The van der Waals surface area contributed by atoms with Gasteiger partial charge in [0.15, 0.2) is 5.11 Å². The molecule has 1 aliphatic rings. The van der Waals surface area contributed by atoms with Crippen molar-refractivity contribution in [2.75, 3.05) is 0 Å². The summed E-state index contributed by atoms with van der Waals surface area (Å²) in [5.41, 5.74) is 4.26. The fourth-order valence-electron chi connectivity index (χ4n) is 3.95. The number of hydrogen-bond acceptors (Lipinski definition) is 3. The fraction of sp³-hybridized carbons (Fsp3) is 0.125. The highest BCUT2D eigenvalue weighted by atomic mass is 32.1. The van der Waals surface area contributed by atoms with E-state index in [1.165, 1.54) is 5.56 Å². The summed E-state index contributed by atoms with van der Waals surface area (Å²) in [6.45, 7) is 0.636. The van der Waals surface area contributed by atoms with Crippen LogP contribution in [0.5, 0.6) is 0 Å². The molecule has 1 saturated heterocycles. The van der Waals surface area contributed by atoms with Gasteiger partial charge in [0.1, 0.15) is 0 Å². The Morgan fingerprint density at radius 3 is 2.37 bits per heavy atom. The lowest BCUT2D eigenvalue weighted by Gasteiger charge is -2.27. The molecule has 0 spiro atoms. The summed E-state index contributed by atoms with van der Waals surface area (Å²) in [5.74, 6) is 0. The van der Waals surface area contributed by atoms with Crippen molar-refractivity contribution in [2.24, 2.45) is 0 Å². The molecule has 1 N–H and O–H groups in total. The highest BCUT2D eigenvalue weighted by Crippen LogP contribution is 2.39. The average molecular weight is 412 g/mol. The van der Waals surface area contributed by atoms with Gasteiger partial charge in [-0.15, -0.1) is 0 Å². The topological polar surface area (TPSA) is 46.0 Å². The van der Waals surface area contributed by atoms with Gasteiger partial charge in [-0.3, -0.25) is 9.97 Å². The van der Waals surface area contributed by atoms with Crippen molar-refractivity contribution in [2.45, 2.75) is 18.6 Å². The van der Waals surface area contributed by atoms with E-state index in [1.54, 1.807) is 0 Å². The fourth-order valence-corrected chi connectivity index (χ4v) is 4.26. The van der Waals surface area contributed by atoms with E-state index in [0.29, 0.717) is 11.7 Å². The lowest BCUT2D eigenvalue weighted by Crippen LogP contribution is -2.29. The molecule has 1 fully saturated rings. The average Bonchev–Trinajstić information content (AvgIpc) is 3.41. The van der Waals surface area contributed by atoms with E-state index in [1.807, 2.05) is 67.0 Å². The van der Waals surface area contributed by atoms with E-state index < -0.39 is 0 Å². The summed E-state index contributed by atoms with van der Waals surface area (Å²) in [7, 11) is 0. The van der Waals surface area contributed by atoms with Crippen LogP contribution < -0.4 is 5.32 Å². The summed E-state index contributed by atoms with van der Waals surface area (Å²) in [4.78, 5) is 11.3. The van der Waals surface area contributed by atoms with Gasteiger partial charge in [0.25, 0.3) is 0 Å². The summed E-state index contributed by atoms with van der Waals surface area (Å²) >= 11 is 5.75. The molecule has 0 saturated carbocycles. The second-order valence-corrected chi connectivity index (χ2v) is 7.65. The monoisotopic (exact) mass is 411 g/mol. The first-order chi connectivity index (χ1) is 14.8. The first-order valence-corrected chi connectivity index (χ1v) is 10.3. The molecule has 4 heterocycles. The number of para-hydroxylation sites is 1. The molecule has 5 rings (SSSR count). The van der Waals surface area contributed by atoms with E-state index >= 15 is 0 Å². The van der Waals surface area contributed by atoms with Crippen LogP contribution in [0.4, 0.5) is 0 Å². The lowest BCUT2D eigenvalue weighted by molar-refractivity contribution is 0.308. The van der Waals surface area contributed by atoms with Crippen molar-refractivity contribution in [1.82, 2.24) is 24.8 Å². The van der Waals surface area contributed by atoms with Crippen molar-refractivity contribution in [3.05, 3.63) is 115 Å². The second kappa shape index (κ2) is 8.08. The molecule has 3 aromatic heterocycles. The molecule has 5 nitrogen and oxygen atoms in total. The Kier molecular flexibility index (Phi) is 4.99. The molecule has 0 radical (unpaired) electrons. The maximum atomic E-state index is 5.75. The number of nitrogens with zero attached hydrogens (tertiary/aromatic N) is 4.